The van der Waals surface area contributed by atoms with E-state index in [2.05, 4.69) is 10.2 Å². The minimum atomic E-state index is -4.78. The quantitative estimate of drug-likeness (QED) is 0.759. The van der Waals surface area contributed by atoms with Gasteiger partial charge < -0.3 is 5.73 Å². The Morgan fingerprint density at radius 2 is 1.94 bits per heavy atom. The minimum Gasteiger partial charge on any atom is -0.382 e. The number of benzene rings is 1. The Balaban J connectivity index is 2.66. The van der Waals surface area contributed by atoms with Crippen LogP contribution in [-0.2, 0) is 6.18 Å². The number of aromatic amines is 1. The lowest BCUT2D eigenvalue weighted by molar-refractivity contribution is -0.139. The van der Waals surface area contributed by atoms with E-state index in [-0.39, 0.29) is 17.1 Å². The Morgan fingerprint density at radius 3 is 2.47 bits per heavy atom. The maximum atomic E-state index is 13.3. The highest BCUT2D eigenvalue weighted by atomic mass is 19.4. The summed E-state index contributed by atoms with van der Waals surface area (Å²) in [5, 5.41) is 5.83. The lowest BCUT2D eigenvalue weighted by Gasteiger charge is -2.12. The largest absolute Gasteiger partial charge is 0.419 e. The smallest absolute Gasteiger partial charge is 0.382 e. The number of nitrogens with two attached hydrogens (primary N) is 1. The van der Waals surface area contributed by atoms with E-state index < -0.39 is 17.6 Å². The minimum absolute atomic E-state index is 0.0225. The van der Waals surface area contributed by atoms with E-state index in [4.69, 9.17) is 5.73 Å². The summed E-state index contributed by atoms with van der Waals surface area (Å²) in [5.41, 5.74) is 3.67. The van der Waals surface area contributed by atoms with Crippen LogP contribution in [0.2, 0.25) is 0 Å². The summed E-state index contributed by atoms with van der Waals surface area (Å²) < 4.78 is 51.3. The molecule has 0 atom stereocenters. The second kappa shape index (κ2) is 3.76. The van der Waals surface area contributed by atoms with E-state index in [0.717, 1.165) is 12.1 Å². The summed E-state index contributed by atoms with van der Waals surface area (Å²) in [7, 11) is 0. The van der Waals surface area contributed by atoms with E-state index in [1.165, 1.54) is 12.1 Å². The number of anilines is 1. The van der Waals surface area contributed by atoms with Crippen LogP contribution < -0.4 is 5.73 Å². The van der Waals surface area contributed by atoms with E-state index in [0.29, 0.717) is 0 Å². The predicted octanol–water partition coefficient (Wildman–Crippen LogP) is 2.82. The summed E-state index contributed by atoms with van der Waals surface area (Å²) in [5.74, 6) is -1.29. The van der Waals surface area contributed by atoms with Crippen molar-refractivity contribution in [3.8, 4) is 11.3 Å². The fraction of sp³-hybridized carbons (Fsp3) is 0.100. The predicted molar refractivity (Wildman–Crippen MR) is 53.4 cm³/mol. The molecule has 0 aliphatic rings. The van der Waals surface area contributed by atoms with Crippen molar-refractivity contribution in [1.82, 2.24) is 10.2 Å². The van der Waals surface area contributed by atoms with Gasteiger partial charge in [-0.3, -0.25) is 5.10 Å². The van der Waals surface area contributed by atoms with Gasteiger partial charge in [0, 0.05) is 11.6 Å². The van der Waals surface area contributed by atoms with Crippen molar-refractivity contribution < 1.29 is 17.6 Å². The molecule has 3 nitrogen and oxygen atoms in total. The van der Waals surface area contributed by atoms with Gasteiger partial charge in [-0.25, -0.2) is 4.39 Å². The average molecular weight is 245 g/mol. The highest BCUT2D eigenvalue weighted by Gasteiger charge is 2.37. The lowest BCUT2D eigenvalue weighted by atomic mass is 10.0. The molecule has 1 aromatic carbocycles. The van der Waals surface area contributed by atoms with Crippen LogP contribution in [0.25, 0.3) is 11.3 Å². The molecule has 0 saturated heterocycles. The van der Waals surface area contributed by atoms with Gasteiger partial charge in [0.1, 0.15) is 17.2 Å². The number of nitrogens with one attached hydrogen (secondary N) is 1. The van der Waals surface area contributed by atoms with Gasteiger partial charge in [-0.1, -0.05) is 12.1 Å². The van der Waals surface area contributed by atoms with E-state index in [1.807, 2.05) is 0 Å². The Hall–Kier alpha value is -2.05. The number of aromatic nitrogens is 2. The van der Waals surface area contributed by atoms with Gasteiger partial charge >= 0.3 is 6.18 Å². The molecule has 1 aromatic heterocycles. The van der Waals surface area contributed by atoms with Gasteiger partial charge in [0.2, 0.25) is 0 Å². The van der Waals surface area contributed by atoms with Crippen LogP contribution in [0.5, 0.6) is 0 Å². The van der Waals surface area contributed by atoms with Gasteiger partial charge in [-0.15, -0.1) is 0 Å². The molecule has 0 aliphatic heterocycles. The van der Waals surface area contributed by atoms with Crippen LogP contribution >= 0.6 is 0 Å². The zero-order chi connectivity index (χ0) is 12.6. The second-order valence-electron chi connectivity index (χ2n) is 3.37. The zero-order valence-electron chi connectivity index (χ0n) is 8.35. The molecule has 3 N–H and O–H groups in total. The standard InChI is InChI=1S/C10H7F4N3/c11-6-3-1-2-5(9(6)10(12,13)14)7-4-8(15)17-16-7/h1-4H,(H3,15,16,17). The van der Waals surface area contributed by atoms with Gasteiger partial charge in [0.25, 0.3) is 0 Å². The number of nitrogens with zero attached hydrogens (tertiary/aromatic N) is 1. The van der Waals surface area contributed by atoms with Crippen molar-refractivity contribution in [3.05, 3.63) is 35.6 Å². The molecule has 7 heteroatoms. The van der Waals surface area contributed by atoms with Crippen LogP contribution in [0, 0.1) is 5.82 Å². The molecule has 0 saturated carbocycles. The number of halogens is 4. The van der Waals surface area contributed by atoms with Gasteiger partial charge in [-0.05, 0) is 6.07 Å². The van der Waals surface area contributed by atoms with Crippen molar-refractivity contribution in [1.29, 1.82) is 0 Å². The number of nitrogen functional groups attached to an aromatic ring is 1. The number of H-pyrrole nitrogens is 1. The molecule has 2 aromatic rings. The highest BCUT2D eigenvalue weighted by molar-refractivity contribution is 5.66. The SMILES string of the molecule is Nc1cc(-c2cccc(F)c2C(F)(F)F)[nH]n1. The summed E-state index contributed by atoms with van der Waals surface area (Å²) in [6.45, 7) is 0. The number of hydrogen-bond donors (Lipinski definition) is 2. The molecule has 90 valence electrons. The van der Waals surface area contributed by atoms with Crippen LogP contribution in [0.4, 0.5) is 23.4 Å². The first-order chi connectivity index (χ1) is 7.89. The number of rotatable bonds is 1. The number of alkyl halides is 3. The van der Waals surface area contributed by atoms with Crippen molar-refractivity contribution in [2.45, 2.75) is 6.18 Å². The molecule has 0 amide bonds. The third-order valence-corrected chi connectivity index (χ3v) is 2.18. The first kappa shape index (κ1) is 11.4. The normalized spacial score (nSPS) is 11.8. The average Bonchev–Trinajstić information content (AvgIpc) is 2.62. The Kier molecular flexibility index (Phi) is 2.53. The van der Waals surface area contributed by atoms with Crippen molar-refractivity contribution in [2.75, 3.05) is 5.73 Å². The van der Waals surface area contributed by atoms with Crippen LogP contribution in [0.1, 0.15) is 5.56 Å². The highest BCUT2D eigenvalue weighted by Crippen LogP contribution is 2.38. The second-order valence-corrected chi connectivity index (χ2v) is 3.37. The third kappa shape index (κ3) is 2.08. The summed E-state index contributed by atoms with van der Waals surface area (Å²) in [6.07, 6.45) is -4.78. The maximum Gasteiger partial charge on any atom is 0.419 e. The van der Waals surface area contributed by atoms with Crippen LogP contribution in [-0.4, -0.2) is 10.2 Å². The molecular weight excluding hydrogens is 238 g/mol. The lowest BCUT2D eigenvalue weighted by Crippen LogP contribution is -2.10. The Morgan fingerprint density at radius 1 is 1.24 bits per heavy atom. The van der Waals surface area contributed by atoms with Gasteiger partial charge in [0.05, 0.1) is 5.69 Å². The molecule has 17 heavy (non-hydrogen) atoms. The molecular formula is C10H7F4N3. The van der Waals surface area contributed by atoms with E-state index in [9.17, 15) is 17.6 Å². The van der Waals surface area contributed by atoms with Crippen molar-refractivity contribution in [2.24, 2.45) is 0 Å². The molecule has 0 fully saturated rings. The van der Waals surface area contributed by atoms with Crippen LogP contribution in [0.3, 0.4) is 0 Å². The monoisotopic (exact) mass is 245 g/mol. The molecule has 0 aliphatic carbocycles. The van der Waals surface area contributed by atoms with E-state index >= 15 is 0 Å². The van der Waals surface area contributed by atoms with Crippen molar-refractivity contribution >= 4 is 5.82 Å². The molecule has 2 rings (SSSR count). The van der Waals surface area contributed by atoms with Crippen LogP contribution in [0.15, 0.2) is 24.3 Å². The Labute approximate surface area is 93.3 Å². The number of hydrogen-bond acceptors (Lipinski definition) is 2. The molecule has 0 spiro atoms. The summed E-state index contributed by atoms with van der Waals surface area (Å²) >= 11 is 0. The van der Waals surface area contributed by atoms with Gasteiger partial charge in [-0.2, -0.15) is 18.3 Å². The molecule has 1 heterocycles. The molecule has 0 radical (unpaired) electrons. The van der Waals surface area contributed by atoms with E-state index in [1.54, 1.807) is 0 Å². The third-order valence-electron chi connectivity index (χ3n) is 2.18. The zero-order valence-corrected chi connectivity index (χ0v) is 8.35. The molecule has 0 unspecified atom stereocenters. The Bertz CT molecular complexity index is 545. The first-order valence-corrected chi connectivity index (χ1v) is 4.56. The molecule has 0 bridgehead atoms. The van der Waals surface area contributed by atoms with Gasteiger partial charge in [0.15, 0.2) is 0 Å². The fourth-order valence-corrected chi connectivity index (χ4v) is 1.51. The topological polar surface area (TPSA) is 54.7 Å². The first-order valence-electron chi connectivity index (χ1n) is 4.56. The summed E-state index contributed by atoms with van der Waals surface area (Å²) in [6, 6.07) is 4.31. The maximum absolute atomic E-state index is 13.3. The van der Waals surface area contributed by atoms with Crippen molar-refractivity contribution in [3.63, 3.8) is 0 Å². The summed E-state index contributed by atoms with van der Waals surface area (Å²) in [4.78, 5) is 0. The fourth-order valence-electron chi connectivity index (χ4n) is 1.51.